The summed E-state index contributed by atoms with van der Waals surface area (Å²) < 4.78 is 19.2. The highest BCUT2D eigenvalue weighted by atomic mass is 16.5. The molecule has 3 amide bonds. The van der Waals surface area contributed by atoms with Crippen molar-refractivity contribution in [2.75, 3.05) is 12.4 Å². The first-order chi connectivity index (χ1) is 22.5. The average Bonchev–Trinajstić information content (AvgIpc) is 3.83. The van der Waals surface area contributed by atoms with Crippen molar-refractivity contribution >= 4 is 23.4 Å². The normalized spacial score (nSPS) is 23.1. The second-order valence-electron chi connectivity index (χ2n) is 12.9. The van der Waals surface area contributed by atoms with Gasteiger partial charge in [-0.2, -0.15) is 0 Å². The van der Waals surface area contributed by atoms with Gasteiger partial charge in [0, 0.05) is 24.7 Å². The fourth-order valence-electron chi connectivity index (χ4n) is 6.62. The maximum Gasteiger partial charge on any atom is 0.272 e. The Hall–Kier alpha value is -5.17. The van der Waals surface area contributed by atoms with Gasteiger partial charge in [0.05, 0.1) is 0 Å². The molecule has 0 saturated carbocycles. The summed E-state index contributed by atoms with van der Waals surface area (Å²) in [4.78, 5) is 48.8. The molecule has 47 heavy (non-hydrogen) atoms. The SMILES string of the molecule is CNC(=O)c1coc(-c2nc3oc2C24c5ccccc5NC2Oc2ccc(cc24)CC(NC(=O)[C@@H](O)C(C)C)C(=O)N[C@H]3C(C)C)n1. The van der Waals surface area contributed by atoms with Crippen molar-refractivity contribution in [3.05, 3.63) is 82.8 Å². The molecule has 7 rings (SSSR count). The van der Waals surface area contributed by atoms with Crippen molar-refractivity contribution in [2.24, 2.45) is 11.8 Å². The lowest BCUT2D eigenvalue weighted by Crippen LogP contribution is -2.52. The number of hydrogen-bond donors (Lipinski definition) is 5. The average molecular weight is 641 g/mol. The molecule has 3 aliphatic heterocycles. The summed E-state index contributed by atoms with van der Waals surface area (Å²) in [5.41, 5.74) is 2.45. The molecule has 2 aromatic heterocycles. The molecule has 0 radical (unpaired) electrons. The first kappa shape index (κ1) is 30.5. The summed E-state index contributed by atoms with van der Waals surface area (Å²) in [6.45, 7) is 7.29. The number of nitrogens with zero attached hydrogens (tertiary/aromatic N) is 2. The number of fused-ring (bicyclic) bond motifs is 4. The predicted octanol–water partition coefficient (Wildman–Crippen LogP) is 3.04. The number of aliphatic hydroxyl groups excluding tert-OH is 1. The van der Waals surface area contributed by atoms with Gasteiger partial charge >= 0.3 is 0 Å². The number of anilines is 1. The zero-order valence-corrected chi connectivity index (χ0v) is 26.6. The Bertz CT molecular complexity index is 1900. The molecule has 0 aliphatic carbocycles. The van der Waals surface area contributed by atoms with E-state index in [2.05, 4.69) is 26.3 Å². The van der Waals surface area contributed by atoms with Gasteiger partial charge in [0.1, 0.15) is 35.6 Å². The maximum atomic E-state index is 14.0. The summed E-state index contributed by atoms with van der Waals surface area (Å²) in [5.74, 6) is -0.866. The minimum atomic E-state index is -1.29. The molecule has 4 aromatic rings. The van der Waals surface area contributed by atoms with Gasteiger partial charge in [-0.15, -0.1) is 0 Å². The smallest absolute Gasteiger partial charge is 0.272 e. The number of nitrogens with one attached hydrogen (secondary N) is 4. The van der Waals surface area contributed by atoms with Crippen LogP contribution in [0, 0.1) is 11.8 Å². The van der Waals surface area contributed by atoms with Gasteiger partial charge in [-0.1, -0.05) is 58.0 Å². The third kappa shape index (κ3) is 4.75. The number of aromatic nitrogens is 2. The minimum absolute atomic E-state index is 0.0622. The van der Waals surface area contributed by atoms with Crippen LogP contribution in [0.2, 0.25) is 0 Å². The first-order valence-corrected chi connectivity index (χ1v) is 15.7. The van der Waals surface area contributed by atoms with Crippen LogP contribution in [-0.4, -0.2) is 58.2 Å². The quantitative estimate of drug-likeness (QED) is 0.210. The molecule has 1 spiro atoms. The predicted molar refractivity (Wildman–Crippen MR) is 168 cm³/mol. The number of benzene rings is 2. The Morgan fingerprint density at radius 2 is 1.85 bits per heavy atom. The molecule has 5 heterocycles. The molecule has 3 unspecified atom stereocenters. The number of aliphatic hydroxyl groups is 1. The van der Waals surface area contributed by atoms with E-state index in [1.54, 1.807) is 13.8 Å². The van der Waals surface area contributed by atoms with Crippen molar-refractivity contribution in [3.63, 3.8) is 0 Å². The Balaban J connectivity index is 1.48. The molecule has 13 heteroatoms. The zero-order chi connectivity index (χ0) is 33.2. The largest absolute Gasteiger partial charge is 0.469 e. The van der Waals surface area contributed by atoms with Crippen molar-refractivity contribution in [2.45, 2.75) is 63.9 Å². The van der Waals surface area contributed by atoms with Crippen molar-refractivity contribution < 1.29 is 33.1 Å². The fourth-order valence-corrected chi connectivity index (χ4v) is 6.62. The van der Waals surface area contributed by atoms with Gasteiger partial charge in [0.15, 0.2) is 23.4 Å². The molecular weight excluding hydrogens is 604 g/mol. The molecule has 0 fully saturated rings. The van der Waals surface area contributed by atoms with E-state index in [0.717, 1.165) is 22.4 Å². The highest BCUT2D eigenvalue weighted by Gasteiger charge is 2.61. The van der Waals surface area contributed by atoms with Crippen LogP contribution < -0.4 is 26.0 Å². The standard InChI is InChI=1S/C34H36N6O7/c1-15(2)24-32-40-25(31-37-22(14-45-31)28(42)35-5)27(47-32)34-18-8-6-7-9-20(18)38-33(34)46-23-11-10-17(12-19(23)34)13-21(29(43)39-24)36-30(44)26(41)16(3)4/h6-12,14-16,21,24,26,33,38,41H,13H2,1-5H3,(H,35,42)(H,36,44)(H,39,43)/t21?,24-,26-,33?,34?/m0/s1. The first-order valence-electron chi connectivity index (χ1n) is 15.7. The molecule has 244 valence electrons. The molecule has 3 aliphatic rings. The van der Waals surface area contributed by atoms with Gasteiger partial charge in [-0.05, 0) is 35.1 Å². The molecule has 4 bridgehead atoms. The van der Waals surface area contributed by atoms with E-state index in [4.69, 9.17) is 18.6 Å². The van der Waals surface area contributed by atoms with Crippen molar-refractivity contribution in [3.8, 4) is 17.3 Å². The Kier molecular flexibility index (Phi) is 7.31. The summed E-state index contributed by atoms with van der Waals surface area (Å²) in [6, 6.07) is 11.7. The summed E-state index contributed by atoms with van der Waals surface area (Å²) in [7, 11) is 1.50. The maximum absolute atomic E-state index is 14.0. The van der Waals surface area contributed by atoms with E-state index in [-0.39, 0.29) is 41.4 Å². The summed E-state index contributed by atoms with van der Waals surface area (Å²) in [5, 5.41) is 22.4. The van der Waals surface area contributed by atoms with Crippen LogP contribution in [0.4, 0.5) is 5.69 Å². The molecule has 2 aromatic carbocycles. The minimum Gasteiger partial charge on any atom is -0.469 e. The second kappa shape index (κ2) is 11.3. The van der Waals surface area contributed by atoms with E-state index in [1.807, 2.05) is 56.3 Å². The number of rotatable bonds is 6. The van der Waals surface area contributed by atoms with Gasteiger partial charge in [-0.25, -0.2) is 9.97 Å². The topological polar surface area (TPSA) is 181 Å². The lowest BCUT2D eigenvalue weighted by atomic mass is 9.72. The van der Waals surface area contributed by atoms with Crippen LogP contribution in [0.15, 0.2) is 57.6 Å². The highest BCUT2D eigenvalue weighted by molar-refractivity contribution is 5.92. The summed E-state index contributed by atoms with van der Waals surface area (Å²) >= 11 is 0. The van der Waals surface area contributed by atoms with E-state index in [0.29, 0.717) is 11.5 Å². The zero-order valence-electron chi connectivity index (χ0n) is 26.6. The van der Waals surface area contributed by atoms with Gasteiger partial charge in [-0.3, -0.25) is 14.4 Å². The third-order valence-electron chi connectivity index (χ3n) is 9.12. The molecular formula is C34H36N6O7. The second-order valence-corrected chi connectivity index (χ2v) is 12.9. The lowest BCUT2D eigenvalue weighted by Gasteiger charge is -2.29. The number of carbonyl (C=O) groups excluding carboxylic acids is 3. The Morgan fingerprint density at radius 3 is 2.60 bits per heavy atom. The third-order valence-corrected chi connectivity index (χ3v) is 9.12. The summed E-state index contributed by atoms with van der Waals surface area (Å²) in [6.07, 6.45) is -0.537. The number of ether oxygens (including phenoxy) is 1. The molecule has 13 nitrogen and oxygen atoms in total. The number of amides is 3. The molecule has 5 N–H and O–H groups in total. The lowest BCUT2D eigenvalue weighted by molar-refractivity contribution is -0.135. The van der Waals surface area contributed by atoms with Gasteiger partial charge in [0.25, 0.3) is 5.91 Å². The Labute approximate surface area is 270 Å². The van der Waals surface area contributed by atoms with Crippen LogP contribution in [0.25, 0.3) is 11.6 Å². The van der Waals surface area contributed by atoms with Gasteiger partial charge in [0.2, 0.25) is 23.6 Å². The van der Waals surface area contributed by atoms with E-state index >= 15 is 0 Å². The number of oxazole rings is 2. The number of para-hydroxylation sites is 1. The van der Waals surface area contributed by atoms with Gasteiger partial charge < -0.3 is 39.9 Å². The molecule has 0 saturated heterocycles. The van der Waals surface area contributed by atoms with Crippen LogP contribution >= 0.6 is 0 Å². The monoisotopic (exact) mass is 640 g/mol. The van der Waals surface area contributed by atoms with Crippen LogP contribution in [0.3, 0.4) is 0 Å². The number of carbonyl (C=O) groups is 3. The molecule has 5 atom stereocenters. The van der Waals surface area contributed by atoms with Crippen molar-refractivity contribution in [1.29, 1.82) is 0 Å². The van der Waals surface area contributed by atoms with Crippen LogP contribution in [-0.2, 0) is 21.4 Å². The fraction of sp³-hybridized carbons (Fsp3) is 0.382. The van der Waals surface area contributed by atoms with Crippen LogP contribution in [0.5, 0.6) is 5.75 Å². The Morgan fingerprint density at radius 1 is 1.06 bits per heavy atom. The van der Waals surface area contributed by atoms with Crippen LogP contribution in [0.1, 0.15) is 72.6 Å². The number of hydrogen-bond acceptors (Lipinski definition) is 10. The van der Waals surface area contributed by atoms with E-state index in [9.17, 15) is 19.5 Å². The van der Waals surface area contributed by atoms with E-state index in [1.165, 1.54) is 13.3 Å². The highest BCUT2D eigenvalue weighted by Crippen LogP contribution is 2.59. The van der Waals surface area contributed by atoms with E-state index < -0.39 is 47.6 Å². The van der Waals surface area contributed by atoms with Crippen molar-refractivity contribution in [1.82, 2.24) is 25.9 Å².